The molecule has 0 amide bonds. The normalized spacial score (nSPS) is 17.0. The van der Waals surface area contributed by atoms with Crippen LogP contribution in [0.2, 0.25) is 0 Å². The number of carbonyl (C=O) groups is 1. The van der Waals surface area contributed by atoms with E-state index >= 15 is 0 Å². The van der Waals surface area contributed by atoms with Gasteiger partial charge < -0.3 is 5.32 Å². The maximum atomic E-state index is 12.4. The lowest BCUT2D eigenvalue weighted by molar-refractivity contribution is -0.130. The molecular formula is C14H29NO. The average Bonchev–Trinajstić information content (AvgIpc) is 2.09. The molecule has 0 heterocycles. The van der Waals surface area contributed by atoms with Crippen molar-refractivity contribution in [3.8, 4) is 0 Å². The minimum atomic E-state index is -0.271. The SMILES string of the molecule is CCC(C)[C@H](NC(C)(C)C)C(=O)C(C)(C)C. The number of hydrogen-bond acceptors (Lipinski definition) is 2. The van der Waals surface area contributed by atoms with E-state index in [9.17, 15) is 4.79 Å². The predicted octanol–water partition coefficient (Wildman–Crippen LogP) is 3.40. The highest BCUT2D eigenvalue weighted by Gasteiger charge is 2.34. The van der Waals surface area contributed by atoms with Gasteiger partial charge in [-0.15, -0.1) is 0 Å². The molecule has 0 aromatic heterocycles. The minimum Gasteiger partial charge on any atom is -0.302 e. The molecule has 0 spiro atoms. The Labute approximate surface area is 101 Å². The van der Waals surface area contributed by atoms with Gasteiger partial charge in [0.05, 0.1) is 6.04 Å². The topological polar surface area (TPSA) is 29.1 Å². The molecule has 0 bridgehead atoms. The van der Waals surface area contributed by atoms with Crippen molar-refractivity contribution in [1.29, 1.82) is 0 Å². The third-order valence-electron chi connectivity index (χ3n) is 2.82. The summed E-state index contributed by atoms with van der Waals surface area (Å²) in [7, 11) is 0. The molecule has 0 aliphatic carbocycles. The van der Waals surface area contributed by atoms with Crippen LogP contribution < -0.4 is 5.32 Å². The molecule has 96 valence electrons. The fourth-order valence-corrected chi connectivity index (χ4v) is 1.63. The van der Waals surface area contributed by atoms with Gasteiger partial charge in [-0.2, -0.15) is 0 Å². The van der Waals surface area contributed by atoms with Gasteiger partial charge in [0.1, 0.15) is 0 Å². The Balaban J connectivity index is 4.89. The van der Waals surface area contributed by atoms with E-state index in [1.807, 2.05) is 20.8 Å². The minimum absolute atomic E-state index is 0.0188. The molecule has 0 aromatic rings. The number of rotatable bonds is 4. The van der Waals surface area contributed by atoms with E-state index in [0.717, 1.165) is 6.42 Å². The van der Waals surface area contributed by atoms with Crippen molar-refractivity contribution < 1.29 is 4.79 Å². The van der Waals surface area contributed by atoms with E-state index < -0.39 is 0 Å². The van der Waals surface area contributed by atoms with Crippen molar-refractivity contribution >= 4 is 5.78 Å². The van der Waals surface area contributed by atoms with Crippen LogP contribution in [0.5, 0.6) is 0 Å². The highest BCUT2D eigenvalue weighted by Crippen LogP contribution is 2.23. The Kier molecular flexibility index (Phi) is 5.18. The molecule has 0 aromatic carbocycles. The highest BCUT2D eigenvalue weighted by atomic mass is 16.1. The molecule has 2 heteroatoms. The van der Waals surface area contributed by atoms with Gasteiger partial charge in [0.15, 0.2) is 5.78 Å². The molecule has 0 radical (unpaired) electrons. The average molecular weight is 227 g/mol. The lowest BCUT2D eigenvalue weighted by Crippen LogP contribution is -2.53. The lowest BCUT2D eigenvalue weighted by atomic mass is 9.80. The standard InChI is InChI=1S/C14H29NO/c1-9-10(2)11(15-14(6,7)8)12(16)13(3,4)5/h10-11,15H,9H2,1-8H3/t10?,11-/m0/s1. The van der Waals surface area contributed by atoms with Gasteiger partial charge >= 0.3 is 0 Å². The first kappa shape index (κ1) is 15.6. The summed E-state index contributed by atoms with van der Waals surface area (Å²) >= 11 is 0. The number of ketones is 1. The van der Waals surface area contributed by atoms with Crippen molar-refractivity contribution in [1.82, 2.24) is 5.32 Å². The summed E-state index contributed by atoms with van der Waals surface area (Å²) in [5.41, 5.74) is -0.290. The summed E-state index contributed by atoms with van der Waals surface area (Å²) in [6.07, 6.45) is 1.02. The third kappa shape index (κ3) is 5.11. The third-order valence-corrected chi connectivity index (χ3v) is 2.82. The van der Waals surface area contributed by atoms with Crippen molar-refractivity contribution in [2.75, 3.05) is 0 Å². The molecule has 16 heavy (non-hydrogen) atoms. The quantitative estimate of drug-likeness (QED) is 0.797. The summed E-state index contributed by atoms with van der Waals surface area (Å²) in [4.78, 5) is 12.4. The molecule has 0 saturated carbocycles. The van der Waals surface area contributed by atoms with Crippen LogP contribution in [0, 0.1) is 11.3 Å². The zero-order valence-electron chi connectivity index (χ0n) is 12.3. The first-order valence-electron chi connectivity index (χ1n) is 6.31. The van der Waals surface area contributed by atoms with Crippen molar-refractivity contribution in [2.45, 2.75) is 73.4 Å². The lowest BCUT2D eigenvalue weighted by Gasteiger charge is -2.35. The molecule has 2 nitrogen and oxygen atoms in total. The highest BCUT2D eigenvalue weighted by molar-refractivity contribution is 5.89. The number of Topliss-reactive ketones (excluding diaryl/α,β-unsaturated/α-hetero) is 1. The second kappa shape index (κ2) is 5.31. The van der Waals surface area contributed by atoms with Crippen molar-refractivity contribution in [3.05, 3.63) is 0 Å². The van der Waals surface area contributed by atoms with Crippen LogP contribution in [0.1, 0.15) is 61.8 Å². The van der Waals surface area contributed by atoms with E-state index in [4.69, 9.17) is 0 Å². The number of carbonyl (C=O) groups excluding carboxylic acids is 1. The van der Waals surface area contributed by atoms with E-state index in [2.05, 4.69) is 39.9 Å². The number of nitrogens with one attached hydrogen (secondary N) is 1. The van der Waals surface area contributed by atoms with Crippen LogP contribution in [0.25, 0.3) is 0 Å². The van der Waals surface area contributed by atoms with Gasteiger partial charge in [-0.05, 0) is 26.7 Å². The molecule has 2 atom stereocenters. The van der Waals surface area contributed by atoms with Gasteiger partial charge in [-0.25, -0.2) is 0 Å². The van der Waals surface area contributed by atoms with Crippen LogP contribution in [0.3, 0.4) is 0 Å². The molecule has 0 fully saturated rings. The molecule has 0 aliphatic heterocycles. The summed E-state index contributed by atoms with van der Waals surface area (Å²) in [5, 5.41) is 3.46. The second-order valence-electron chi connectivity index (χ2n) is 6.87. The summed E-state index contributed by atoms with van der Waals surface area (Å²) in [5.74, 6) is 0.697. The molecule has 0 aliphatic rings. The zero-order chi connectivity index (χ0) is 13.1. The van der Waals surface area contributed by atoms with Gasteiger partial charge in [0.25, 0.3) is 0 Å². The summed E-state index contributed by atoms with van der Waals surface area (Å²) < 4.78 is 0. The maximum Gasteiger partial charge on any atom is 0.155 e. The Morgan fingerprint density at radius 2 is 1.56 bits per heavy atom. The zero-order valence-corrected chi connectivity index (χ0v) is 12.3. The van der Waals surface area contributed by atoms with Crippen LogP contribution in [-0.4, -0.2) is 17.4 Å². The van der Waals surface area contributed by atoms with Crippen LogP contribution >= 0.6 is 0 Å². The second-order valence-corrected chi connectivity index (χ2v) is 6.87. The first-order chi connectivity index (χ1) is 6.99. The van der Waals surface area contributed by atoms with E-state index in [1.165, 1.54) is 0 Å². The molecular weight excluding hydrogens is 198 g/mol. The Hall–Kier alpha value is -0.370. The Morgan fingerprint density at radius 3 is 1.81 bits per heavy atom. The van der Waals surface area contributed by atoms with E-state index in [1.54, 1.807) is 0 Å². The van der Waals surface area contributed by atoms with Gasteiger partial charge in [-0.3, -0.25) is 4.79 Å². The molecule has 0 rings (SSSR count). The predicted molar refractivity (Wildman–Crippen MR) is 70.6 cm³/mol. The van der Waals surface area contributed by atoms with Gasteiger partial charge in [-0.1, -0.05) is 41.0 Å². The first-order valence-corrected chi connectivity index (χ1v) is 6.31. The molecule has 1 unspecified atom stereocenters. The van der Waals surface area contributed by atoms with Crippen molar-refractivity contribution in [2.24, 2.45) is 11.3 Å². The fourth-order valence-electron chi connectivity index (χ4n) is 1.63. The van der Waals surface area contributed by atoms with Gasteiger partial charge in [0, 0.05) is 11.0 Å². The van der Waals surface area contributed by atoms with Crippen LogP contribution in [-0.2, 0) is 4.79 Å². The fraction of sp³-hybridized carbons (Fsp3) is 0.929. The number of hydrogen-bond donors (Lipinski definition) is 1. The Bertz CT molecular complexity index is 232. The van der Waals surface area contributed by atoms with Crippen molar-refractivity contribution in [3.63, 3.8) is 0 Å². The van der Waals surface area contributed by atoms with Crippen LogP contribution in [0.15, 0.2) is 0 Å². The maximum absolute atomic E-state index is 12.4. The van der Waals surface area contributed by atoms with Gasteiger partial charge in [0.2, 0.25) is 0 Å². The largest absolute Gasteiger partial charge is 0.302 e. The monoisotopic (exact) mass is 227 g/mol. The van der Waals surface area contributed by atoms with E-state index in [0.29, 0.717) is 11.7 Å². The molecule has 0 saturated heterocycles. The summed E-state index contributed by atoms with van der Waals surface area (Å²) in [6, 6.07) is -0.0370. The molecule has 1 N–H and O–H groups in total. The summed E-state index contributed by atoms with van der Waals surface area (Å²) in [6.45, 7) is 16.6. The van der Waals surface area contributed by atoms with Crippen LogP contribution in [0.4, 0.5) is 0 Å². The van der Waals surface area contributed by atoms with E-state index in [-0.39, 0.29) is 17.0 Å². The smallest absolute Gasteiger partial charge is 0.155 e. The Morgan fingerprint density at radius 1 is 1.12 bits per heavy atom.